The first-order valence-electron chi connectivity index (χ1n) is 6.37. The van der Waals surface area contributed by atoms with Crippen LogP contribution in [0.5, 0.6) is 0 Å². The van der Waals surface area contributed by atoms with Gasteiger partial charge >= 0.3 is 0 Å². The molecule has 0 atom stereocenters. The molecule has 104 valence electrons. The van der Waals surface area contributed by atoms with Gasteiger partial charge < -0.3 is 15.8 Å². The number of carbonyl (C=O) groups excluding carboxylic acids is 1. The van der Waals surface area contributed by atoms with Crippen LogP contribution in [0, 0.1) is 0 Å². The second-order valence-corrected chi connectivity index (χ2v) is 4.63. The summed E-state index contributed by atoms with van der Waals surface area (Å²) in [5.74, 6) is -0.0941. The molecule has 0 radical (unpaired) electrons. The molecule has 0 saturated heterocycles. The minimum Gasteiger partial charge on any atom is -0.393 e. The van der Waals surface area contributed by atoms with Crippen LogP contribution in [0.3, 0.4) is 0 Å². The molecular weight excluding hydrogens is 260 g/mol. The van der Waals surface area contributed by atoms with Crippen molar-refractivity contribution in [1.82, 2.24) is 5.32 Å². The summed E-state index contributed by atoms with van der Waals surface area (Å²) in [5.41, 5.74) is 7.02. The Labute approximate surface area is 119 Å². The molecule has 5 heteroatoms. The van der Waals surface area contributed by atoms with Gasteiger partial charge in [0.25, 0.3) is 5.91 Å². The molecule has 0 aliphatic rings. The lowest BCUT2D eigenvalue weighted by Crippen LogP contribution is -2.27. The van der Waals surface area contributed by atoms with E-state index in [1.165, 1.54) is 0 Å². The summed E-state index contributed by atoms with van der Waals surface area (Å²) in [5, 5.41) is 2.87. The third kappa shape index (κ3) is 5.81. The number of benzene rings is 1. The van der Waals surface area contributed by atoms with Crippen LogP contribution in [0.1, 0.15) is 29.3 Å². The molecule has 0 fully saturated rings. The van der Waals surface area contributed by atoms with E-state index in [0.717, 1.165) is 12.0 Å². The normalized spacial score (nSPS) is 10.2. The van der Waals surface area contributed by atoms with Crippen molar-refractivity contribution >= 4 is 23.1 Å². The summed E-state index contributed by atoms with van der Waals surface area (Å²) in [6, 6.07) is 7.36. The van der Waals surface area contributed by atoms with Gasteiger partial charge in [-0.25, -0.2) is 0 Å². The van der Waals surface area contributed by atoms with Crippen molar-refractivity contribution in [3.63, 3.8) is 0 Å². The fraction of sp³-hybridized carbons (Fsp3) is 0.429. The first-order chi connectivity index (χ1) is 9.15. The maximum Gasteiger partial charge on any atom is 0.251 e. The zero-order valence-electron chi connectivity index (χ0n) is 11.1. The van der Waals surface area contributed by atoms with Gasteiger partial charge in [-0.15, -0.1) is 0 Å². The van der Waals surface area contributed by atoms with Crippen LogP contribution in [-0.4, -0.2) is 30.7 Å². The number of nitrogens with one attached hydrogen (secondary N) is 1. The second-order valence-electron chi connectivity index (χ2n) is 4.11. The third-order valence-corrected chi connectivity index (χ3v) is 2.73. The highest BCUT2D eigenvalue weighted by Crippen LogP contribution is 2.09. The van der Waals surface area contributed by atoms with Crippen LogP contribution >= 0.6 is 12.2 Å². The number of rotatable bonds is 8. The number of nitrogens with two attached hydrogens (primary N) is 1. The zero-order valence-corrected chi connectivity index (χ0v) is 12.0. The SMILES string of the molecule is CCOCCCNC(=O)c1ccccc1CC(N)=S. The van der Waals surface area contributed by atoms with Crippen molar-refractivity contribution < 1.29 is 9.53 Å². The summed E-state index contributed by atoms with van der Waals surface area (Å²) >= 11 is 4.89. The van der Waals surface area contributed by atoms with Gasteiger partial charge in [0.1, 0.15) is 0 Å². The van der Waals surface area contributed by atoms with Crippen LogP contribution in [-0.2, 0) is 11.2 Å². The van der Waals surface area contributed by atoms with Crippen LogP contribution in [0.15, 0.2) is 24.3 Å². The van der Waals surface area contributed by atoms with Crippen molar-refractivity contribution in [2.75, 3.05) is 19.8 Å². The first-order valence-corrected chi connectivity index (χ1v) is 6.78. The Morgan fingerprint density at radius 2 is 2.16 bits per heavy atom. The molecule has 1 amide bonds. The highest BCUT2D eigenvalue weighted by molar-refractivity contribution is 7.80. The fourth-order valence-corrected chi connectivity index (χ4v) is 1.85. The zero-order chi connectivity index (χ0) is 14.1. The van der Waals surface area contributed by atoms with E-state index in [-0.39, 0.29) is 5.91 Å². The van der Waals surface area contributed by atoms with Gasteiger partial charge in [-0.1, -0.05) is 30.4 Å². The van der Waals surface area contributed by atoms with Gasteiger partial charge in [0, 0.05) is 31.7 Å². The Kier molecular flexibility index (Phi) is 7.07. The van der Waals surface area contributed by atoms with Crippen molar-refractivity contribution in [3.8, 4) is 0 Å². The Hall–Kier alpha value is -1.46. The smallest absolute Gasteiger partial charge is 0.251 e. The van der Waals surface area contributed by atoms with Gasteiger partial charge in [-0.2, -0.15) is 0 Å². The largest absolute Gasteiger partial charge is 0.393 e. The van der Waals surface area contributed by atoms with Crippen LogP contribution in [0.2, 0.25) is 0 Å². The molecule has 0 bridgehead atoms. The van der Waals surface area contributed by atoms with Crippen LogP contribution < -0.4 is 11.1 Å². The molecule has 0 aliphatic carbocycles. The molecule has 19 heavy (non-hydrogen) atoms. The van der Waals surface area contributed by atoms with Gasteiger partial charge in [0.2, 0.25) is 0 Å². The molecule has 0 aromatic heterocycles. The number of ether oxygens (including phenoxy) is 1. The average molecular weight is 280 g/mol. The summed E-state index contributed by atoms with van der Waals surface area (Å²) in [6.45, 7) is 3.90. The molecule has 4 nitrogen and oxygen atoms in total. The van der Waals surface area contributed by atoms with Gasteiger partial charge in [0.15, 0.2) is 0 Å². The molecule has 0 saturated carbocycles. The van der Waals surface area contributed by atoms with Gasteiger partial charge in [-0.3, -0.25) is 4.79 Å². The number of hydrogen-bond acceptors (Lipinski definition) is 3. The first kappa shape index (κ1) is 15.6. The number of thiocarbonyl (C=S) groups is 1. The molecule has 1 rings (SSSR count). The van der Waals surface area contributed by atoms with Crippen molar-refractivity contribution in [1.29, 1.82) is 0 Å². The minimum absolute atomic E-state index is 0.0941. The Bertz CT molecular complexity index is 435. The lowest BCUT2D eigenvalue weighted by molar-refractivity contribution is 0.0943. The average Bonchev–Trinajstić information content (AvgIpc) is 2.38. The Morgan fingerprint density at radius 3 is 2.84 bits per heavy atom. The quantitative estimate of drug-likeness (QED) is 0.561. The van der Waals surface area contributed by atoms with E-state index in [4.69, 9.17) is 22.7 Å². The number of amides is 1. The molecule has 3 N–H and O–H groups in total. The predicted molar refractivity (Wildman–Crippen MR) is 80.4 cm³/mol. The van der Waals surface area contributed by atoms with Crippen LogP contribution in [0.4, 0.5) is 0 Å². The summed E-state index contributed by atoms with van der Waals surface area (Å²) in [6.07, 6.45) is 1.24. The molecule has 1 aromatic carbocycles. The lowest BCUT2D eigenvalue weighted by atomic mass is 10.0. The minimum atomic E-state index is -0.0941. The third-order valence-electron chi connectivity index (χ3n) is 2.58. The summed E-state index contributed by atoms with van der Waals surface area (Å²) < 4.78 is 5.21. The molecule has 0 spiro atoms. The predicted octanol–water partition coefficient (Wildman–Crippen LogP) is 1.67. The van der Waals surface area contributed by atoms with E-state index in [1.54, 1.807) is 6.07 Å². The van der Waals surface area contributed by atoms with Crippen LogP contribution in [0.25, 0.3) is 0 Å². The van der Waals surface area contributed by atoms with E-state index < -0.39 is 0 Å². The van der Waals surface area contributed by atoms with Gasteiger partial charge in [0.05, 0.1) is 4.99 Å². The summed E-state index contributed by atoms with van der Waals surface area (Å²) in [7, 11) is 0. The van der Waals surface area contributed by atoms with E-state index in [1.807, 2.05) is 25.1 Å². The van der Waals surface area contributed by atoms with Gasteiger partial charge in [-0.05, 0) is 25.0 Å². The number of hydrogen-bond donors (Lipinski definition) is 2. The lowest BCUT2D eigenvalue weighted by Gasteiger charge is -2.09. The van der Waals surface area contributed by atoms with Crippen molar-refractivity contribution in [2.45, 2.75) is 19.8 Å². The Morgan fingerprint density at radius 1 is 1.42 bits per heavy atom. The number of carbonyl (C=O) groups is 1. The standard InChI is InChI=1S/C14H20N2O2S/c1-2-18-9-5-8-16-14(17)12-7-4-3-6-11(12)10-13(15)19/h3-4,6-7H,2,5,8-10H2,1H3,(H2,15,19)(H,16,17). The molecular formula is C14H20N2O2S. The van der Waals surface area contributed by atoms with E-state index in [9.17, 15) is 4.79 Å². The van der Waals surface area contributed by atoms with E-state index >= 15 is 0 Å². The topological polar surface area (TPSA) is 64.3 Å². The van der Waals surface area contributed by atoms with Crippen molar-refractivity contribution in [3.05, 3.63) is 35.4 Å². The summed E-state index contributed by atoms with van der Waals surface area (Å²) in [4.78, 5) is 12.4. The monoisotopic (exact) mass is 280 g/mol. The van der Waals surface area contributed by atoms with E-state index in [2.05, 4.69) is 5.32 Å². The highest BCUT2D eigenvalue weighted by Gasteiger charge is 2.10. The van der Waals surface area contributed by atoms with E-state index in [0.29, 0.717) is 36.7 Å². The highest BCUT2D eigenvalue weighted by atomic mass is 32.1. The molecule has 0 unspecified atom stereocenters. The van der Waals surface area contributed by atoms with Crippen molar-refractivity contribution in [2.24, 2.45) is 5.73 Å². The molecule has 1 aromatic rings. The maximum absolute atomic E-state index is 12.0. The maximum atomic E-state index is 12.0. The molecule has 0 heterocycles. The Balaban J connectivity index is 2.54. The fourth-order valence-electron chi connectivity index (χ4n) is 1.70. The second kappa shape index (κ2) is 8.61. The molecule has 0 aliphatic heterocycles.